The predicted octanol–water partition coefficient (Wildman–Crippen LogP) is 3.73. The van der Waals surface area contributed by atoms with E-state index in [1.54, 1.807) is 17.5 Å². The summed E-state index contributed by atoms with van der Waals surface area (Å²) in [5.74, 6) is 1.76. The van der Waals surface area contributed by atoms with E-state index in [4.69, 9.17) is 9.97 Å². The first-order valence-corrected chi connectivity index (χ1v) is 7.91. The smallest absolute Gasteiger partial charge is 0.138 e. The predicted molar refractivity (Wildman–Crippen MR) is 88.1 cm³/mol. The lowest BCUT2D eigenvalue weighted by atomic mass is 10.2. The first kappa shape index (κ1) is 13.9. The number of hydrogen-bond donors (Lipinski definition) is 1. The Hall–Kier alpha value is -2.01. The fourth-order valence-corrected chi connectivity index (χ4v) is 3.38. The van der Waals surface area contributed by atoms with Crippen molar-refractivity contribution < 1.29 is 0 Å². The van der Waals surface area contributed by atoms with Crippen molar-refractivity contribution >= 4 is 27.4 Å². The molecule has 0 aromatic carbocycles. The normalized spacial score (nSPS) is 11.0. The van der Waals surface area contributed by atoms with Gasteiger partial charge >= 0.3 is 0 Å². The van der Waals surface area contributed by atoms with Crippen molar-refractivity contribution in [3.63, 3.8) is 0 Å². The summed E-state index contributed by atoms with van der Waals surface area (Å²) in [4.78, 5) is 16.1. The molecular formula is C16H18N4S. The van der Waals surface area contributed by atoms with Crippen LogP contribution in [0.25, 0.3) is 10.2 Å². The topological polar surface area (TPSA) is 50.7 Å². The Balaban J connectivity index is 2.08. The fourth-order valence-electron chi connectivity index (χ4n) is 2.33. The van der Waals surface area contributed by atoms with Crippen LogP contribution in [0.4, 0.5) is 5.82 Å². The van der Waals surface area contributed by atoms with Crippen LogP contribution < -0.4 is 5.32 Å². The zero-order chi connectivity index (χ0) is 14.8. The molecule has 21 heavy (non-hydrogen) atoms. The Kier molecular flexibility index (Phi) is 3.84. The van der Waals surface area contributed by atoms with E-state index in [1.807, 2.05) is 18.2 Å². The van der Waals surface area contributed by atoms with Crippen LogP contribution in [0.15, 0.2) is 24.4 Å². The van der Waals surface area contributed by atoms with E-state index in [0.29, 0.717) is 6.42 Å². The molecule has 0 amide bonds. The lowest BCUT2D eigenvalue weighted by molar-refractivity contribution is 0.953. The van der Waals surface area contributed by atoms with Gasteiger partial charge in [-0.3, -0.25) is 4.98 Å². The van der Waals surface area contributed by atoms with Gasteiger partial charge in [-0.1, -0.05) is 6.07 Å². The van der Waals surface area contributed by atoms with Crippen molar-refractivity contribution in [1.29, 1.82) is 0 Å². The second kappa shape index (κ2) is 5.77. The summed E-state index contributed by atoms with van der Waals surface area (Å²) in [6.45, 7) is 7.21. The number of thiophene rings is 1. The van der Waals surface area contributed by atoms with E-state index in [1.165, 1.54) is 10.4 Å². The van der Waals surface area contributed by atoms with Crippen LogP contribution >= 0.6 is 11.3 Å². The van der Waals surface area contributed by atoms with Gasteiger partial charge in [0.05, 0.1) is 11.8 Å². The maximum Gasteiger partial charge on any atom is 0.138 e. The number of anilines is 1. The number of rotatable bonds is 4. The zero-order valence-electron chi connectivity index (χ0n) is 12.5. The van der Waals surface area contributed by atoms with Crippen LogP contribution in [0.2, 0.25) is 0 Å². The summed E-state index contributed by atoms with van der Waals surface area (Å²) >= 11 is 1.73. The SMILES string of the molecule is CCNc1nc(Cc2ccccn2)nc2sc(C)c(C)c12. The maximum absolute atomic E-state index is 4.72. The lowest BCUT2D eigenvalue weighted by Gasteiger charge is -2.08. The molecule has 4 nitrogen and oxygen atoms in total. The van der Waals surface area contributed by atoms with Crippen LogP contribution in [0, 0.1) is 13.8 Å². The summed E-state index contributed by atoms with van der Waals surface area (Å²) in [6, 6.07) is 5.92. The van der Waals surface area contributed by atoms with Gasteiger partial charge in [0.1, 0.15) is 16.5 Å². The van der Waals surface area contributed by atoms with Crippen molar-refractivity contribution in [3.05, 3.63) is 46.4 Å². The summed E-state index contributed by atoms with van der Waals surface area (Å²) < 4.78 is 0. The van der Waals surface area contributed by atoms with Gasteiger partial charge in [-0.25, -0.2) is 9.97 Å². The number of aryl methyl sites for hydroxylation is 2. The van der Waals surface area contributed by atoms with E-state index >= 15 is 0 Å². The number of hydrogen-bond acceptors (Lipinski definition) is 5. The van der Waals surface area contributed by atoms with Crippen LogP contribution in [-0.2, 0) is 6.42 Å². The number of fused-ring (bicyclic) bond motifs is 1. The molecular weight excluding hydrogens is 280 g/mol. The molecule has 0 aliphatic heterocycles. The number of nitrogens with one attached hydrogen (secondary N) is 1. The Bertz CT molecular complexity index is 765. The van der Waals surface area contributed by atoms with E-state index in [0.717, 1.165) is 34.1 Å². The molecule has 1 N–H and O–H groups in total. The second-order valence-electron chi connectivity index (χ2n) is 4.98. The fraction of sp³-hybridized carbons (Fsp3) is 0.312. The Morgan fingerprint density at radius 2 is 2.05 bits per heavy atom. The van der Waals surface area contributed by atoms with Crippen molar-refractivity contribution in [3.8, 4) is 0 Å². The maximum atomic E-state index is 4.72. The third-order valence-corrected chi connectivity index (χ3v) is 4.59. The molecule has 0 radical (unpaired) electrons. The minimum absolute atomic E-state index is 0.658. The molecule has 3 heterocycles. The Labute approximate surface area is 128 Å². The van der Waals surface area contributed by atoms with Crippen molar-refractivity contribution in [2.45, 2.75) is 27.2 Å². The van der Waals surface area contributed by atoms with Crippen LogP contribution in [0.1, 0.15) is 28.9 Å². The summed E-state index contributed by atoms with van der Waals surface area (Å²) in [5, 5.41) is 4.52. The van der Waals surface area contributed by atoms with Gasteiger partial charge in [0, 0.05) is 23.3 Å². The summed E-state index contributed by atoms with van der Waals surface area (Å²) in [7, 11) is 0. The highest BCUT2D eigenvalue weighted by Crippen LogP contribution is 2.33. The highest BCUT2D eigenvalue weighted by molar-refractivity contribution is 7.18. The minimum Gasteiger partial charge on any atom is -0.370 e. The van der Waals surface area contributed by atoms with E-state index in [-0.39, 0.29) is 0 Å². The van der Waals surface area contributed by atoms with Gasteiger partial charge in [0.25, 0.3) is 0 Å². The Morgan fingerprint density at radius 3 is 2.76 bits per heavy atom. The van der Waals surface area contributed by atoms with Gasteiger partial charge in [-0.2, -0.15) is 0 Å². The van der Waals surface area contributed by atoms with Gasteiger partial charge in [-0.15, -0.1) is 11.3 Å². The minimum atomic E-state index is 0.658. The molecule has 0 atom stereocenters. The van der Waals surface area contributed by atoms with Crippen LogP contribution in [0.5, 0.6) is 0 Å². The number of aromatic nitrogens is 3. The third-order valence-electron chi connectivity index (χ3n) is 3.48. The second-order valence-corrected chi connectivity index (χ2v) is 6.18. The van der Waals surface area contributed by atoms with Crippen molar-refractivity contribution in [1.82, 2.24) is 15.0 Å². The number of nitrogens with zero attached hydrogens (tertiary/aromatic N) is 3. The molecule has 0 aliphatic rings. The monoisotopic (exact) mass is 298 g/mol. The van der Waals surface area contributed by atoms with E-state index < -0.39 is 0 Å². The Morgan fingerprint density at radius 1 is 1.19 bits per heavy atom. The molecule has 0 saturated heterocycles. The first-order valence-electron chi connectivity index (χ1n) is 7.09. The zero-order valence-corrected chi connectivity index (χ0v) is 13.3. The lowest BCUT2D eigenvalue weighted by Crippen LogP contribution is -2.05. The highest BCUT2D eigenvalue weighted by Gasteiger charge is 2.14. The molecule has 0 fully saturated rings. The van der Waals surface area contributed by atoms with Gasteiger partial charge in [-0.05, 0) is 38.5 Å². The molecule has 3 rings (SSSR count). The molecule has 5 heteroatoms. The van der Waals surface area contributed by atoms with E-state index in [9.17, 15) is 0 Å². The first-order chi connectivity index (χ1) is 10.2. The van der Waals surface area contributed by atoms with Gasteiger partial charge < -0.3 is 5.32 Å². The van der Waals surface area contributed by atoms with Crippen molar-refractivity contribution in [2.24, 2.45) is 0 Å². The van der Waals surface area contributed by atoms with Crippen LogP contribution in [-0.4, -0.2) is 21.5 Å². The average molecular weight is 298 g/mol. The van der Waals surface area contributed by atoms with Gasteiger partial charge in [0.2, 0.25) is 0 Å². The molecule has 0 unspecified atom stereocenters. The van der Waals surface area contributed by atoms with Crippen molar-refractivity contribution in [2.75, 3.05) is 11.9 Å². The third kappa shape index (κ3) is 2.74. The molecule has 3 aromatic rings. The molecule has 0 aliphatic carbocycles. The largest absolute Gasteiger partial charge is 0.370 e. The molecule has 0 spiro atoms. The van der Waals surface area contributed by atoms with Gasteiger partial charge in [0.15, 0.2) is 0 Å². The standard InChI is InChI=1S/C16H18N4S/c1-4-17-15-14-10(2)11(3)21-16(14)20-13(19-15)9-12-7-5-6-8-18-12/h5-8H,4,9H2,1-3H3,(H,17,19,20). The molecule has 0 bridgehead atoms. The van der Waals surface area contributed by atoms with E-state index in [2.05, 4.69) is 31.1 Å². The molecule has 108 valence electrons. The molecule has 3 aromatic heterocycles. The highest BCUT2D eigenvalue weighted by atomic mass is 32.1. The number of pyridine rings is 1. The average Bonchev–Trinajstić information content (AvgIpc) is 2.75. The summed E-state index contributed by atoms with van der Waals surface area (Å²) in [5.41, 5.74) is 2.26. The quantitative estimate of drug-likeness (QED) is 0.797. The van der Waals surface area contributed by atoms with Crippen LogP contribution in [0.3, 0.4) is 0 Å². The molecule has 0 saturated carbocycles. The summed E-state index contributed by atoms with van der Waals surface area (Å²) in [6.07, 6.45) is 2.46.